The van der Waals surface area contributed by atoms with Gasteiger partial charge in [0, 0.05) is 13.6 Å². The molecule has 0 N–H and O–H groups in total. The molecular weight excluding hydrogens is 422 g/mol. The summed E-state index contributed by atoms with van der Waals surface area (Å²) < 4.78 is 35.7. The van der Waals surface area contributed by atoms with Gasteiger partial charge in [-0.15, -0.1) is 0 Å². The van der Waals surface area contributed by atoms with E-state index in [1.165, 1.54) is 15.6 Å². The van der Waals surface area contributed by atoms with Crippen molar-refractivity contribution in [2.75, 3.05) is 13.7 Å². The van der Waals surface area contributed by atoms with Crippen molar-refractivity contribution in [3.8, 4) is 5.75 Å². The van der Waals surface area contributed by atoms with Crippen LogP contribution < -0.4 is 9.54 Å². The van der Waals surface area contributed by atoms with E-state index in [1.54, 1.807) is 31.4 Å². The summed E-state index contributed by atoms with van der Waals surface area (Å²) in [6, 6.07) is 11.6. The fourth-order valence-corrected chi connectivity index (χ4v) is 6.42. The number of hydrogen-bond acceptors (Lipinski definition) is 5. The van der Waals surface area contributed by atoms with Crippen molar-refractivity contribution in [2.24, 2.45) is 12.0 Å². The number of thiazole rings is 1. The number of nitrogens with zero attached hydrogens (tertiary/aromatic N) is 3. The molecule has 0 radical (unpaired) electrons. The Bertz CT molecular complexity index is 1270. The number of aromatic nitrogens is 1. The number of methoxy groups -OCH3 is 1. The molecule has 158 valence electrons. The van der Waals surface area contributed by atoms with Crippen LogP contribution in [0.25, 0.3) is 10.2 Å². The minimum Gasteiger partial charge on any atom is -0.495 e. The minimum absolute atomic E-state index is 0.199. The Morgan fingerprint density at radius 1 is 1.20 bits per heavy atom. The summed E-state index contributed by atoms with van der Waals surface area (Å²) in [5, 5.41) is 0. The van der Waals surface area contributed by atoms with E-state index < -0.39 is 22.0 Å². The lowest BCUT2D eigenvalue weighted by atomic mass is 10.2. The van der Waals surface area contributed by atoms with Gasteiger partial charge >= 0.3 is 0 Å². The standard InChI is InChI=1S/C21H23N3O4S2/c1-14-9-11-15(12-10-14)30(26,27)24-13-5-6-16(24)20(25)22-21-23(2)19-17(28-3)7-4-8-18(19)29-21/h4,7-12,16H,5-6,13H2,1-3H3/t16-/m1/s1. The fourth-order valence-electron chi connectivity index (χ4n) is 3.73. The predicted octanol–water partition coefficient (Wildman–Crippen LogP) is 2.84. The SMILES string of the molecule is COc1cccc2sc(=NC(=O)[C@H]3CCCN3S(=O)(=O)c3ccc(C)cc3)n(C)c12. The van der Waals surface area contributed by atoms with Crippen LogP contribution in [0.5, 0.6) is 5.75 Å². The van der Waals surface area contributed by atoms with E-state index >= 15 is 0 Å². The van der Waals surface area contributed by atoms with E-state index in [1.807, 2.05) is 36.7 Å². The maximum absolute atomic E-state index is 13.1. The molecule has 0 spiro atoms. The topological polar surface area (TPSA) is 81.0 Å². The first-order chi connectivity index (χ1) is 14.3. The summed E-state index contributed by atoms with van der Waals surface area (Å²) in [5.41, 5.74) is 1.83. The lowest BCUT2D eigenvalue weighted by Crippen LogP contribution is -2.40. The maximum atomic E-state index is 13.1. The van der Waals surface area contributed by atoms with Crippen molar-refractivity contribution in [2.45, 2.75) is 30.7 Å². The first-order valence-corrected chi connectivity index (χ1v) is 11.9. The van der Waals surface area contributed by atoms with Gasteiger partial charge in [0.1, 0.15) is 17.3 Å². The van der Waals surface area contributed by atoms with E-state index in [0.29, 0.717) is 29.9 Å². The maximum Gasteiger partial charge on any atom is 0.266 e. The molecule has 9 heteroatoms. The second-order valence-electron chi connectivity index (χ2n) is 7.29. The number of aryl methyl sites for hydroxylation is 2. The number of amides is 1. The van der Waals surface area contributed by atoms with Gasteiger partial charge in [0.25, 0.3) is 5.91 Å². The smallest absolute Gasteiger partial charge is 0.266 e. The van der Waals surface area contributed by atoms with E-state index in [2.05, 4.69) is 4.99 Å². The van der Waals surface area contributed by atoms with Gasteiger partial charge in [0.05, 0.1) is 16.7 Å². The van der Waals surface area contributed by atoms with E-state index in [4.69, 9.17) is 4.74 Å². The highest BCUT2D eigenvalue weighted by atomic mass is 32.2. The number of carbonyl (C=O) groups is 1. The molecule has 4 rings (SSSR count). The number of fused-ring (bicyclic) bond motifs is 1. The van der Waals surface area contributed by atoms with Gasteiger partial charge in [-0.25, -0.2) is 8.42 Å². The van der Waals surface area contributed by atoms with Crippen molar-refractivity contribution < 1.29 is 17.9 Å². The molecule has 1 saturated heterocycles. The largest absolute Gasteiger partial charge is 0.495 e. The Hall–Kier alpha value is -2.49. The van der Waals surface area contributed by atoms with Gasteiger partial charge in [-0.05, 0) is 44.0 Å². The molecule has 7 nitrogen and oxygen atoms in total. The molecule has 1 fully saturated rings. The van der Waals surface area contributed by atoms with Crippen LogP contribution in [0.1, 0.15) is 18.4 Å². The van der Waals surface area contributed by atoms with E-state index in [-0.39, 0.29) is 4.90 Å². The molecule has 1 aromatic heterocycles. The zero-order valence-corrected chi connectivity index (χ0v) is 18.7. The number of hydrogen-bond donors (Lipinski definition) is 0. The first kappa shape index (κ1) is 20.8. The molecule has 2 heterocycles. The lowest BCUT2D eigenvalue weighted by Gasteiger charge is -2.21. The van der Waals surface area contributed by atoms with Crippen LogP contribution in [0.2, 0.25) is 0 Å². The minimum atomic E-state index is -3.76. The lowest BCUT2D eigenvalue weighted by molar-refractivity contribution is -0.121. The average Bonchev–Trinajstić information content (AvgIpc) is 3.34. The van der Waals surface area contributed by atoms with Crippen LogP contribution in [0.3, 0.4) is 0 Å². The normalized spacial score (nSPS) is 18.2. The number of carbonyl (C=O) groups excluding carboxylic acids is 1. The zero-order chi connectivity index (χ0) is 21.5. The first-order valence-electron chi connectivity index (χ1n) is 9.62. The molecule has 1 aliphatic rings. The number of ether oxygens (including phenoxy) is 1. The number of sulfonamides is 1. The van der Waals surface area contributed by atoms with Gasteiger partial charge in [-0.1, -0.05) is 35.1 Å². The van der Waals surface area contributed by atoms with Gasteiger partial charge in [-0.3, -0.25) is 4.79 Å². The molecule has 1 aliphatic heterocycles. The Labute approximate surface area is 179 Å². The molecule has 30 heavy (non-hydrogen) atoms. The van der Waals surface area contributed by atoms with Crippen molar-refractivity contribution in [1.29, 1.82) is 0 Å². The highest BCUT2D eigenvalue weighted by Gasteiger charge is 2.39. The Balaban J connectivity index is 1.70. The molecule has 2 aromatic carbocycles. The molecule has 1 atom stereocenters. The zero-order valence-electron chi connectivity index (χ0n) is 17.0. The molecule has 0 bridgehead atoms. The number of rotatable bonds is 4. The quantitative estimate of drug-likeness (QED) is 0.618. The van der Waals surface area contributed by atoms with Crippen molar-refractivity contribution in [1.82, 2.24) is 8.87 Å². The van der Waals surface area contributed by atoms with Crippen molar-refractivity contribution in [3.63, 3.8) is 0 Å². The average molecular weight is 446 g/mol. The van der Waals surface area contributed by atoms with Crippen LogP contribution in [-0.4, -0.2) is 42.9 Å². The summed E-state index contributed by atoms with van der Waals surface area (Å²) >= 11 is 1.37. The van der Waals surface area contributed by atoms with Crippen molar-refractivity contribution in [3.05, 3.63) is 52.8 Å². The Morgan fingerprint density at radius 3 is 2.63 bits per heavy atom. The summed E-state index contributed by atoms with van der Waals surface area (Å²) in [7, 11) is -0.338. The fraction of sp³-hybridized carbons (Fsp3) is 0.333. The second-order valence-corrected chi connectivity index (χ2v) is 10.2. The summed E-state index contributed by atoms with van der Waals surface area (Å²) in [6.45, 7) is 2.21. The van der Waals surface area contributed by atoms with Crippen LogP contribution >= 0.6 is 11.3 Å². The second kappa shape index (κ2) is 7.98. The van der Waals surface area contributed by atoms with Crippen molar-refractivity contribution >= 4 is 37.5 Å². The third-order valence-corrected chi connectivity index (χ3v) is 8.35. The van der Waals surface area contributed by atoms with Gasteiger partial charge < -0.3 is 9.30 Å². The molecule has 0 unspecified atom stereocenters. The highest BCUT2D eigenvalue weighted by Crippen LogP contribution is 2.28. The van der Waals surface area contributed by atoms with Gasteiger partial charge in [0.15, 0.2) is 4.80 Å². The number of benzene rings is 2. The molecule has 0 saturated carbocycles. The summed E-state index contributed by atoms with van der Waals surface area (Å²) in [4.78, 5) is 18.0. The van der Waals surface area contributed by atoms with Gasteiger partial charge in [-0.2, -0.15) is 9.30 Å². The monoisotopic (exact) mass is 445 g/mol. The molecule has 3 aromatic rings. The highest BCUT2D eigenvalue weighted by molar-refractivity contribution is 7.89. The van der Waals surface area contributed by atoms with Crippen LogP contribution in [0, 0.1) is 6.92 Å². The molecule has 0 aliphatic carbocycles. The molecule has 1 amide bonds. The third kappa shape index (κ3) is 3.57. The molecular formula is C21H23N3O4S2. The summed E-state index contributed by atoms with van der Waals surface area (Å²) in [5.74, 6) is 0.258. The van der Waals surface area contributed by atoms with Crippen LogP contribution in [0.4, 0.5) is 0 Å². The Morgan fingerprint density at radius 2 is 1.93 bits per heavy atom. The number of para-hydroxylation sites is 1. The van der Waals surface area contributed by atoms with Crippen LogP contribution in [0.15, 0.2) is 52.4 Å². The third-order valence-electron chi connectivity index (χ3n) is 5.33. The predicted molar refractivity (Wildman–Crippen MR) is 116 cm³/mol. The van der Waals surface area contributed by atoms with Gasteiger partial charge in [0.2, 0.25) is 10.0 Å². The summed E-state index contributed by atoms with van der Waals surface area (Å²) in [6.07, 6.45) is 1.09. The van der Waals surface area contributed by atoms with Crippen LogP contribution in [-0.2, 0) is 21.9 Å². The van der Waals surface area contributed by atoms with E-state index in [9.17, 15) is 13.2 Å². The Kier molecular flexibility index (Phi) is 5.52. The van der Waals surface area contributed by atoms with E-state index in [0.717, 1.165) is 15.8 Å².